The topological polar surface area (TPSA) is 90.5 Å². The van der Waals surface area contributed by atoms with Crippen molar-refractivity contribution in [3.05, 3.63) is 51.9 Å². The Balaban J connectivity index is 1.48. The number of benzene rings is 1. The molecule has 1 aromatic carbocycles. The maximum absolute atomic E-state index is 12.8. The number of carbonyl (C=O) groups is 1. The Bertz CT molecular complexity index is 1150. The SMILES string of the molecule is CCCn1cnnc1CN(C)C(=O)C(C)Oc1ccc2c3c(c(=O)oc2c1)CCCC3. The van der Waals surface area contributed by atoms with Crippen molar-refractivity contribution in [2.24, 2.45) is 0 Å². The van der Waals surface area contributed by atoms with Gasteiger partial charge in [-0.3, -0.25) is 4.79 Å². The number of hydrogen-bond acceptors (Lipinski definition) is 6. The van der Waals surface area contributed by atoms with E-state index in [9.17, 15) is 9.59 Å². The number of likely N-dealkylation sites (N-methyl/N-ethyl adjacent to an activating group) is 1. The number of aromatic nitrogens is 3. The number of amides is 1. The number of aryl methyl sites for hydroxylation is 2. The van der Waals surface area contributed by atoms with Crippen LogP contribution >= 0.6 is 0 Å². The standard InChI is InChI=1S/C23H28N4O4/c1-4-11-27-14-24-25-21(27)13-26(3)22(28)15(2)30-16-9-10-18-17-7-5-6-8-19(17)23(29)31-20(18)12-16/h9-10,12,14-15H,4-8,11,13H2,1-3H3. The third kappa shape index (κ3) is 4.33. The second-order valence-corrected chi connectivity index (χ2v) is 8.11. The fourth-order valence-electron chi connectivity index (χ4n) is 4.18. The van der Waals surface area contributed by atoms with E-state index in [1.807, 2.05) is 16.7 Å². The molecule has 0 saturated heterocycles. The number of ether oxygens (including phenoxy) is 1. The van der Waals surface area contributed by atoms with Crippen LogP contribution in [0.2, 0.25) is 0 Å². The Morgan fingerprint density at radius 2 is 2.06 bits per heavy atom. The first kappa shape index (κ1) is 21.1. The summed E-state index contributed by atoms with van der Waals surface area (Å²) in [7, 11) is 1.72. The minimum atomic E-state index is -0.700. The average molecular weight is 425 g/mol. The Morgan fingerprint density at radius 3 is 2.84 bits per heavy atom. The smallest absolute Gasteiger partial charge is 0.339 e. The van der Waals surface area contributed by atoms with Crippen molar-refractivity contribution < 1.29 is 13.9 Å². The van der Waals surface area contributed by atoms with Gasteiger partial charge < -0.3 is 18.6 Å². The molecule has 164 valence electrons. The first-order chi connectivity index (χ1) is 15.0. The summed E-state index contributed by atoms with van der Waals surface area (Å²) in [6, 6.07) is 5.46. The Kier molecular flexibility index (Phi) is 6.06. The predicted molar refractivity (Wildman–Crippen MR) is 116 cm³/mol. The van der Waals surface area contributed by atoms with Gasteiger partial charge in [-0.25, -0.2) is 4.79 Å². The number of fused-ring (bicyclic) bond motifs is 3. The number of hydrogen-bond donors (Lipinski definition) is 0. The highest BCUT2D eigenvalue weighted by molar-refractivity contribution is 5.83. The normalized spacial score (nSPS) is 14.3. The van der Waals surface area contributed by atoms with Gasteiger partial charge in [-0.05, 0) is 56.7 Å². The van der Waals surface area contributed by atoms with Crippen molar-refractivity contribution in [1.82, 2.24) is 19.7 Å². The number of carbonyl (C=O) groups excluding carboxylic acids is 1. The minimum Gasteiger partial charge on any atom is -0.481 e. The quantitative estimate of drug-likeness (QED) is 0.542. The van der Waals surface area contributed by atoms with E-state index in [1.54, 1.807) is 31.3 Å². The molecule has 3 aromatic rings. The molecule has 31 heavy (non-hydrogen) atoms. The van der Waals surface area contributed by atoms with Gasteiger partial charge in [0.05, 0.1) is 6.54 Å². The predicted octanol–water partition coefficient (Wildman–Crippen LogP) is 3.10. The Morgan fingerprint density at radius 1 is 1.29 bits per heavy atom. The van der Waals surface area contributed by atoms with Crippen molar-refractivity contribution >= 4 is 16.9 Å². The zero-order chi connectivity index (χ0) is 22.0. The largest absolute Gasteiger partial charge is 0.481 e. The van der Waals surface area contributed by atoms with E-state index < -0.39 is 6.10 Å². The van der Waals surface area contributed by atoms with E-state index in [4.69, 9.17) is 9.15 Å². The summed E-state index contributed by atoms with van der Waals surface area (Å²) in [6.07, 6.45) is 5.70. The lowest BCUT2D eigenvalue weighted by atomic mass is 9.91. The molecule has 2 heterocycles. The van der Waals surface area contributed by atoms with E-state index in [0.717, 1.165) is 61.0 Å². The highest BCUT2D eigenvalue weighted by atomic mass is 16.5. The van der Waals surface area contributed by atoms with Crippen LogP contribution in [0.5, 0.6) is 5.75 Å². The van der Waals surface area contributed by atoms with Crippen LogP contribution < -0.4 is 10.4 Å². The van der Waals surface area contributed by atoms with Crippen molar-refractivity contribution in [2.75, 3.05) is 7.05 Å². The summed E-state index contributed by atoms with van der Waals surface area (Å²) in [6.45, 7) is 4.95. The molecule has 4 rings (SSSR count). The Labute approximate surface area is 180 Å². The van der Waals surface area contributed by atoms with E-state index in [-0.39, 0.29) is 11.5 Å². The van der Waals surface area contributed by atoms with Gasteiger partial charge in [0.1, 0.15) is 17.7 Å². The molecular formula is C23H28N4O4. The van der Waals surface area contributed by atoms with Gasteiger partial charge in [-0.1, -0.05) is 6.92 Å². The van der Waals surface area contributed by atoms with Crippen LogP contribution in [-0.4, -0.2) is 38.7 Å². The average Bonchev–Trinajstić information content (AvgIpc) is 3.20. The molecule has 8 heteroatoms. The second kappa shape index (κ2) is 8.91. The Hall–Kier alpha value is -3.16. The van der Waals surface area contributed by atoms with Crippen LogP contribution in [0.3, 0.4) is 0 Å². The lowest BCUT2D eigenvalue weighted by Gasteiger charge is -2.22. The number of nitrogens with zero attached hydrogens (tertiary/aromatic N) is 4. The highest BCUT2D eigenvalue weighted by Crippen LogP contribution is 2.29. The molecule has 1 atom stereocenters. The van der Waals surface area contributed by atoms with Gasteiger partial charge in [-0.2, -0.15) is 0 Å². The van der Waals surface area contributed by atoms with Crippen molar-refractivity contribution in [2.45, 2.75) is 65.1 Å². The maximum Gasteiger partial charge on any atom is 0.339 e. The van der Waals surface area contributed by atoms with Crippen molar-refractivity contribution in [3.8, 4) is 5.75 Å². The minimum absolute atomic E-state index is 0.168. The summed E-state index contributed by atoms with van der Waals surface area (Å²) in [4.78, 5) is 26.8. The molecule has 0 saturated carbocycles. The van der Waals surface area contributed by atoms with Gasteiger partial charge in [0.15, 0.2) is 11.9 Å². The summed E-state index contributed by atoms with van der Waals surface area (Å²) >= 11 is 0. The van der Waals surface area contributed by atoms with Gasteiger partial charge >= 0.3 is 5.63 Å². The van der Waals surface area contributed by atoms with Crippen molar-refractivity contribution in [3.63, 3.8) is 0 Å². The third-order valence-corrected chi connectivity index (χ3v) is 5.77. The highest BCUT2D eigenvalue weighted by Gasteiger charge is 2.22. The monoisotopic (exact) mass is 424 g/mol. The van der Waals surface area contributed by atoms with E-state index >= 15 is 0 Å². The van der Waals surface area contributed by atoms with Crippen LogP contribution in [0.15, 0.2) is 33.7 Å². The molecule has 1 amide bonds. The van der Waals surface area contributed by atoms with Gasteiger partial charge in [-0.15, -0.1) is 10.2 Å². The zero-order valence-electron chi connectivity index (χ0n) is 18.3. The molecule has 0 spiro atoms. The molecule has 2 aromatic heterocycles. The lowest BCUT2D eigenvalue weighted by molar-refractivity contribution is -0.137. The molecule has 1 unspecified atom stereocenters. The number of rotatable bonds is 7. The van der Waals surface area contributed by atoms with Crippen molar-refractivity contribution in [1.29, 1.82) is 0 Å². The first-order valence-corrected chi connectivity index (χ1v) is 10.8. The molecular weight excluding hydrogens is 396 g/mol. The van der Waals surface area contributed by atoms with Crippen LogP contribution in [-0.2, 0) is 30.7 Å². The molecule has 0 aliphatic heterocycles. The zero-order valence-corrected chi connectivity index (χ0v) is 18.3. The van der Waals surface area contributed by atoms with Crippen LogP contribution in [0.4, 0.5) is 0 Å². The van der Waals surface area contributed by atoms with E-state index in [1.165, 1.54) is 0 Å². The third-order valence-electron chi connectivity index (χ3n) is 5.77. The summed E-state index contributed by atoms with van der Waals surface area (Å²) < 4.78 is 13.4. The van der Waals surface area contributed by atoms with E-state index in [2.05, 4.69) is 17.1 Å². The van der Waals surface area contributed by atoms with Gasteiger partial charge in [0, 0.05) is 30.6 Å². The molecule has 0 fully saturated rings. The molecule has 0 bridgehead atoms. The second-order valence-electron chi connectivity index (χ2n) is 8.11. The first-order valence-electron chi connectivity index (χ1n) is 10.8. The fourth-order valence-corrected chi connectivity index (χ4v) is 4.18. The van der Waals surface area contributed by atoms with Gasteiger partial charge in [0.2, 0.25) is 0 Å². The fraction of sp³-hybridized carbons (Fsp3) is 0.478. The summed E-state index contributed by atoms with van der Waals surface area (Å²) in [5, 5.41) is 9.01. The summed E-state index contributed by atoms with van der Waals surface area (Å²) in [5.74, 6) is 1.06. The van der Waals surface area contributed by atoms with E-state index in [0.29, 0.717) is 17.9 Å². The molecule has 8 nitrogen and oxygen atoms in total. The van der Waals surface area contributed by atoms with Crippen LogP contribution in [0.25, 0.3) is 11.0 Å². The van der Waals surface area contributed by atoms with Gasteiger partial charge in [0.25, 0.3) is 5.91 Å². The maximum atomic E-state index is 12.8. The molecule has 0 radical (unpaired) electrons. The van der Waals surface area contributed by atoms with Crippen LogP contribution in [0.1, 0.15) is 50.1 Å². The van der Waals surface area contributed by atoms with Crippen LogP contribution in [0, 0.1) is 0 Å². The molecule has 1 aliphatic rings. The molecule has 1 aliphatic carbocycles. The summed E-state index contributed by atoms with van der Waals surface area (Å²) in [5.41, 5.74) is 2.13. The lowest BCUT2D eigenvalue weighted by Crippen LogP contribution is -2.38. The molecule has 0 N–H and O–H groups in total.